The molecule has 1 heterocycles. The third-order valence-corrected chi connectivity index (χ3v) is 6.59. The first-order valence-corrected chi connectivity index (χ1v) is 10.5. The first-order valence-electron chi connectivity index (χ1n) is 9.05. The zero-order valence-electron chi connectivity index (χ0n) is 15.0. The lowest BCUT2D eigenvalue weighted by molar-refractivity contribution is -0.384. The van der Waals surface area contributed by atoms with Gasteiger partial charge in [0.2, 0.25) is 10.0 Å². The molecule has 0 radical (unpaired) electrons. The summed E-state index contributed by atoms with van der Waals surface area (Å²) in [6.45, 7) is 1.45. The van der Waals surface area contributed by atoms with Crippen molar-refractivity contribution in [2.75, 3.05) is 25.0 Å². The van der Waals surface area contributed by atoms with Crippen molar-refractivity contribution in [1.29, 1.82) is 0 Å². The third-order valence-electron chi connectivity index (χ3n) is 4.69. The van der Waals surface area contributed by atoms with E-state index in [0.29, 0.717) is 31.7 Å². The molecular weight excluding hydrogens is 366 g/mol. The first-order chi connectivity index (χ1) is 13.0. The maximum absolute atomic E-state index is 12.8. The van der Waals surface area contributed by atoms with E-state index in [4.69, 9.17) is 0 Å². The quantitative estimate of drug-likeness (QED) is 0.578. The van der Waals surface area contributed by atoms with Gasteiger partial charge in [0.25, 0.3) is 5.69 Å². The fourth-order valence-corrected chi connectivity index (χ4v) is 4.75. The summed E-state index contributed by atoms with van der Waals surface area (Å²) in [5.41, 5.74) is 1.23. The Morgan fingerprint density at radius 1 is 1.04 bits per heavy atom. The average molecular weight is 389 g/mol. The fourth-order valence-electron chi connectivity index (χ4n) is 3.21. The highest BCUT2D eigenvalue weighted by Gasteiger charge is 2.28. The largest absolute Gasteiger partial charge is 0.379 e. The zero-order chi connectivity index (χ0) is 19.3. The van der Waals surface area contributed by atoms with Gasteiger partial charge in [-0.05, 0) is 37.0 Å². The first kappa shape index (κ1) is 19.3. The Kier molecular flexibility index (Phi) is 6.08. The van der Waals surface area contributed by atoms with Crippen LogP contribution in [-0.2, 0) is 16.4 Å². The number of anilines is 1. The van der Waals surface area contributed by atoms with Crippen molar-refractivity contribution in [3.05, 3.63) is 64.2 Å². The molecule has 2 aromatic carbocycles. The summed E-state index contributed by atoms with van der Waals surface area (Å²) in [4.78, 5) is 10.9. The molecule has 2 aromatic rings. The number of piperidine rings is 1. The minimum absolute atomic E-state index is 0.0234. The number of hydrogen-bond donors (Lipinski definition) is 1. The van der Waals surface area contributed by atoms with Crippen LogP contribution in [0.1, 0.15) is 24.8 Å². The van der Waals surface area contributed by atoms with Gasteiger partial charge in [0.15, 0.2) is 0 Å². The smallest absolute Gasteiger partial charge is 0.293 e. The Morgan fingerprint density at radius 2 is 1.74 bits per heavy atom. The monoisotopic (exact) mass is 389 g/mol. The van der Waals surface area contributed by atoms with Gasteiger partial charge in [-0.2, -0.15) is 4.31 Å². The maximum Gasteiger partial charge on any atom is 0.293 e. The van der Waals surface area contributed by atoms with E-state index in [1.807, 2.05) is 30.3 Å². The van der Waals surface area contributed by atoms with E-state index in [0.717, 1.165) is 30.9 Å². The summed E-state index contributed by atoms with van der Waals surface area (Å²) in [5.74, 6) is 0. The normalized spacial score (nSPS) is 15.4. The summed E-state index contributed by atoms with van der Waals surface area (Å²) in [6.07, 6.45) is 3.36. The molecule has 0 aliphatic carbocycles. The van der Waals surface area contributed by atoms with Crippen molar-refractivity contribution in [3.63, 3.8) is 0 Å². The number of nitro groups is 1. The van der Waals surface area contributed by atoms with Gasteiger partial charge in [-0.3, -0.25) is 10.1 Å². The lowest BCUT2D eigenvalue weighted by Crippen LogP contribution is -2.35. The minimum atomic E-state index is -3.70. The van der Waals surface area contributed by atoms with Crippen LogP contribution in [0.15, 0.2) is 53.4 Å². The van der Waals surface area contributed by atoms with Crippen LogP contribution in [0.4, 0.5) is 11.4 Å². The molecule has 1 aliphatic heterocycles. The molecule has 144 valence electrons. The second-order valence-corrected chi connectivity index (χ2v) is 8.50. The summed E-state index contributed by atoms with van der Waals surface area (Å²) in [5, 5.41) is 14.5. The Bertz CT molecular complexity index is 894. The maximum atomic E-state index is 12.8. The molecule has 0 amide bonds. The molecule has 0 saturated carbocycles. The van der Waals surface area contributed by atoms with E-state index in [1.54, 1.807) is 0 Å². The molecule has 0 spiro atoms. The van der Waals surface area contributed by atoms with Crippen molar-refractivity contribution >= 4 is 21.4 Å². The summed E-state index contributed by atoms with van der Waals surface area (Å²) >= 11 is 0. The Labute approximate surface area is 159 Å². The number of nitrogens with zero attached hydrogens (tertiary/aromatic N) is 2. The second-order valence-electron chi connectivity index (χ2n) is 6.56. The molecule has 27 heavy (non-hydrogen) atoms. The molecule has 7 nitrogen and oxygen atoms in total. The van der Waals surface area contributed by atoms with Crippen LogP contribution in [0.2, 0.25) is 0 Å². The molecule has 0 bridgehead atoms. The van der Waals surface area contributed by atoms with Crippen molar-refractivity contribution in [3.8, 4) is 0 Å². The predicted octanol–water partition coefficient (Wildman–Crippen LogP) is 3.42. The Morgan fingerprint density at radius 3 is 2.41 bits per heavy atom. The number of sulfonamides is 1. The van der Waals surface area contributed by atoms with Crippen LogP contribution >= 0.6 is 0 Å². The van der Waals surface area contributed by atoms with Gasteiger partial charge in [0.05, 0.1) is 9.82 Å². The SMILES string of the molecule is O=[N+]([O-])c1cc(S(=O)(=O)N2CCCCC2)ccc1NCCc1ccccc1. The number of rotatable bonds is 7. The highest BCUT2D eigenvalue weighted by atomic mass is 32.2. The van der Waals surface area contributed by atoms with Gasteiger partial charge in [-0.1, -0.05) is 36.8 Å². The molecule has 1 N–H and O–H groups in total. The van der Waals surface area contributed by atoms with E-state index in [9.17, 15) is 18.5 Å². The lowest BCUT2D eigenvalue weighted by Gasteiger charge is -2.25. The van der Waals surface area contributed by atoms with Crippen LogP contribution in [0.5, 0.6) is 0 Å². The van der Waals surface area contributed by atoms with E-state index in [2.05, 4.69) is 5.32 Å². The molecule has 3 rings (SSSR count). The molecule has 0 atom stereocenters. The fraction of sp³-hybridized carbons (Fsp3) is 0.368. The van der Waals surface area contributed by atoms with Gasteiger partial charge in [-0.25, -0.2) is 8.42 Å². The van der Waals surface area contributed by atoms with Crippen LogP contribution < -0.4 is 5.32 Å². The average Bonchev–Trinajstić information content (AvgIpc) is 2.69. The number of nitro benzene ring substituents is 1. The van der Waals surface area contributed by atoms with Gasteiger partial charge in [-0.15, -0.1) is 0 Å². The Balaban J connectivity index is 1.77. The van der Waals surface area contributed by atoms with Crippen LogP contribution in [0.25, 0.3) is 0 Å². The van der Waals surface area contributed by atoms with E-state index in [1.165, 1.54) is 16.4 Å². The zero-order valence-corrected chi connectivity index (χ0v) is 15.8. The molecule has 1 fully saturated rings. The van der Waals surface area contributed by atoms with Gasteiger partial charge in [0, 0.05) is 25.7 Å². The Hall–Kier alpha value is -2.45. The molecule has 8 heteroatoms. The highest BCUT2D eigenvalue weighted by molar-refractivity contribution is 7.89. The molecule has 0 aromatic heterocycles. The summed E-state index contributed by atoms with van der Waals surface area (Å²) in [6, 6.07) is 13.9. The van der Waals surface area contributed by atoms with Gasteiger partial charge < -0.3 is 5.32 Å². The van der Waals surface area contributed by atoms with E-state index < -0.39 is 14.9 Å². The number of hydrogen-bond acceptors (Lipinski definition) is 5. The summed E-state index contributed by atoms with van der Waals surface area (Å²) < 4.78 is 26.9. The number of nitrogens with one attached hydrogen (secondary N) is 1. The lowest BCUT2D eigenvalue weighted by atomic mass is 10.1. The van der Waals surface area contributed by atoms with E-state index in [-0.39, 0.29) is 10.6 Å². The standard InChI is InChI=1S/C19H23N3O4S/c23-22(24)19-15-17(27(25,26)21-13-5-2-6-14-21)9-10-18(19)20-12-11-16-7-3-1-4-8-16/h1,3-4,7-10,15,20H,2,5-6,11-14H2. The van der Waals surface area contributed by atoms with Crippen LogP contribution in [0.3, 0.4) is 0 Å². The van der Waals surface area contributed by atoms with Crippen molar-refractivity contribution in [2.45, 2.75) is 30.6 Å². The molecule has 1 saturated heterocycles. The van der Waals surface area contributed by atoms with Crippen molar-refractivity contribution in [2.24, 2.45) is 0 Å². The molecule has 1 aliphatic rings. The summed E-state index contributed by atoms with van der Waals surface area (Å²) in [7, 11) is -3.70. The van der Waals surface area contributed by atoms with Crippen molar-refractivity contribution in [1.82, 2.24) is 4.31 Å². The molecular formula is C19H23N3O4S. The second kappa shape index (κ2) is 8.49. The topological polar surface area (TPSA) is 92.5 Å². The van der Waals surface area contributed by atoms with Crippen molar-refractivity contribution < 1.29 is 13.3 Å². The van der Waals surface area contributed by atoms with Gasteiger partial charge >= 0.3 is 0 Å². The molecule has 0 unspecified atom stereocenters. The van der Waals surface area contributed by atoms with Gasteiger partial charge in [0.1, 0.15) is 5.69 Å². The van der Waals surface area contributed by atoms with Crippen LogP contribution in [-0.4, -0.2) is 37.3 Å². The van der Waals surface area contributed by atoms with E-state index >= 15 is 0 Å². The number of benzene rings is 2. The minimum Gasteiger partial charge on any atom is -0.379 e. The van der Waals surface area contributed by atoms with Crippen LogP contribution in [0, 0.1) is 10.1 Å². The third kappa shape index (κ3) is 4.64. The predicted molar refractivity (Wildman–Crippen MR) is 104 cm³/mol. The highest BCUT2D eigenvalue weighted by Crippen LogP contribution is 2.30.